The molecule has 0 saturated carbocycles. The second-order valence-electron chi connectivity index (χ2n) is 5.22. The molecule has 3 nitrogen and oxygen atoms in total. The molecule has 0 aliphatic carbocycles. The van der Waals surface area contributed by atoms with Crippen molar-refractivity contribution in [1.29, 1.82) is 0 Å². The van der Waals surface area contributed by atoms with Gasteiger partial charge in [-0.15, -0.1) is 11.3 Å². The number of rotatable bonds is 6. The molecule has 0 aliphatic rings. The molecule has 0 saturated heterocycles. The molecule has 2 aromatic carbocycles. The van der Waals surface area contributed by atoms with Gasteiger partial charge in [0.05, 0.1) is 0 Å². The minimum absolute atomic E-state index is 0.143. The molecule has 1 N–H and O–H groups in total. The molecule has 1 heterocycles. The van der Waals surface area contributed by atoms with E-state index < -0.39 is 11.6 Å². The van der Waals surface area contributed by atoms with Gasteiger partial charge in [0.25, 0.3) is 5.91 Å². The Morgan fingerprint density at radius 3 is 2.83 bits per heavy atom. The van der Waals surface area contributed by atoms with Crippen LogP contribution >= 0.6 is 11.3 Å². The Morgan fingerprint density at radius 1 is 1.17 bits per heavy atom. The van der Waals surface area contributed by atoms with Gasteiger partial charge in [0.1, 0.15) is 5.82 Å². The number of thiophene rings is 1. The fourth-order valence-electron chi connectivity index (χ4n) is 2.35. The quantitative estimate of drug-likeness (QED) is 0.734. The lowest BCUT2D eigenvalue weighted by molar-refractivity contribution is -0.123. The fourth-order valence-corrected chi connectivity index (χ4v) is 3.35. The Morgan fingerprint density at radius 2 is 2.00 bits per heavy atom. The molecular weight excluding hydrogens is 332 g/mol. The van der Waals surface area contributed by atoms with Crippen LogP contribution < -0.4 is 10.1 Å². The summed E-state index contributed by atoms with van der Waals surface area (Å²) < 4.78 is 32.5. The molecule has 3 rings (SSSR count). The lowest BCUT2D eigenvalue weighted by Gasteiger charge is -2.08. The first-order chi connectivity index (χ1) is 11.6. The second-order valence-corrected chi connectivity index (χ2v) is 6.13. The number of hydrogen-bond donors (Lipinski definition) is 1. The van der Waals surface area contributed by atoms with Crippen LogP contribution in [0.2, 0.25) is 0 Å². The molecule has 1 aromatic heterocycles. The molecule has 124 valence electrons. The highest BCUT2D eigenvalue weighted by Crippen LogP contribution is 2.25. The molecule has 0 bridgehead atoms. The zero-order valence-corrected chi connectivity index (χ0v) is 13.5. The van der Waals surface area contributed by atoms with Gasteiger partial charge < -0.3 is 10.1 Å². The summed E-state index contributed by atoms with van der Waals surface area (Å²) in [5.74, 6) is -2.01. The summed E-state index contributed by atoms with van der Waals surface area (Å²) in [5.41, 5.74) is 1.18. The van der Waals surface area contributed by atoms with Crippen LogP contribution in [0.25, 0.3) is 10.1 Å². The van der Waals surface area contributed by atoms with Crippen molar-refractivity contribution in [2.75, 3.05) is 13.2 Å². The number of ether oxygens (including phenoxy) is 1. The first-order valence-corrected chi connectivity index (χ1v) is 8.31. The predicted molar refractivity (Wildman–Crippen MR) is 90.4 cm³/mol. The minimum atomic E-state index is -0.826. The maximum absolute atomic E-state index is 13.4. The molecule has 1 amide bonds. The van der Waals surface area contributed by atoms with Crippen LogP contribution in [-0.4, -0.2) is 19.1 Å². The van der Waals surface area contributed by atoms with Crippen LogP contribution in [0.1, 0.15) is 5.56 Å². The van der Waals surface area contributed by atoms with E-state index >= 15 is 0 Å². The predicted octanol–water partition coefficient (Wildman–Crippen LogP) is 3.92. The van der Waals surface area contributed by atoms with Gasteiger partial charge in [0.15, 0.2) is 18.2 Å². The normalized spacial score (nSPS) is 10.8. The molecule has 6 heteroatoms. The van der Waals surface area contributed by atoms with E-state index in [4.69, 9.17) is 4.74 Å². The van der Waals surface area contributed by atoms with Gasteiger partial charge in [-0.05, 0) is 40.9 Å². The third-order valence-electron chi connectivity index (χ3n) is 3.53. The molecule has 24 heavy (non-hydrogen) atoms. The number of carbonyl (C=O) groups is 1. The van der Waals surface area contributed by atoms with Crippen LogP contribution in [0.15, 0.2) is 47.8 Å². The molecule has 0 fully saturated rings. The van der Waals surface area contributed by atoms with Crippen LogP contribution in [0.4, 0.5) is 8.78 Å². The summed E-state index contributed by atoms with van der Waals surface area (Å²) in [6.45, 7) is 0.155. The van der Waals surface area contributed by atoms with E-state index in [9.17, 15) is 13.6 Å². The number of nitrogens with one attached hydrogen (secondary N) is 1. The Labute approximate surface area is 141 Å². The van der Waals surface area contributed by atoms with Crippen LogP contribution in [0, 0.1) is 11.6 Å². The summed E-state index contributed by atoms with van der Waals surface area (Å²) in [4.78, 5) is 11.8. The first-order valence-electron chi connectivity index (χ1n) is 7.43. The van der Waals surface area contributed by atoms with Crippen LogP contribution in [0.3, 0.4) is 0 Å². The van der Waals surface area contributed by atoms with Gasteiger partial charge in [0.2, 0.25) is 0 Å². The molecule has 3 aromatic rings. The summed E-state index contributed by atoms with van der Waals surface area (Å²) in [6, 6.07) is 11.1. The standard InChI is InChI=1S/C18H15F2NO2S/c19-13-5-6-16(15(20)9-13)23-10-18(22)21-8-7-12-11-24-17-4-2-1-3-14(12)17/h1-6,9,11H,7-8,10H2,(H,21,22). The zero-order chi connectivity index (χ0) is 16.9. The Hall–Kier alpha value is -2.47. The van der Waals surface area contributed by atoms with E-state index in [1.165, 1.54) is 15.6 Å². The number of amides is 1. The van der Waals surface area contributed by atoms with Crippen LogP contribution in [0.5, 0.6) is 5.75 Å². The van der Waals surface area contributed by atoms with Crippen molar-refractivity contribution >= 4 is 27.3 Å². The molecule has 0 atom stereocenters. The van der Waals surface area contributed by atoms with Crippen molar-refractivity contribution in [3.8, 4) is 5.75 Å². The largest absolute Gasteiger partial charge is 0.481 e. The molecular formula is C18H15F2NO2S. The van der Waals surface area contributed by atoms with Crippen molar-refractivity contribution in [2.24, 2.45) is 0 Å². The molecule has 0 spiro atoms. The number of carbonyl (C=O) groups excluding carboxylic acids is 1. The van der Waals surface area contributed by atoms with Crippen molar-refractivity contribution in [3.05, 3.63) is 65.0 Å². The SMILES string of the molecule is O=C(COc1ccc(F)cc1F)NCCc1csc2ccccc12. The maximum atomic E-state index is 13.4. The van der Waals surface area contributed by atoms with Gasteiger partial charge in [-0.1, -0.05) is 18.2 Å². The van der Waals surface area contributed by atoms with Gasteiger partial charge in [-0.3, -0.25) is 4.79 Å². The lowest BCUT2D eigenvalue weighted by atomic mass is 10.1. The van der Waals surface area contributed by atoms with E-state index in [1.807, 2.05) is 12.1 Å². The topological polar surface area (TPSA) is 38.3 Å². The highest BCUT2D eigenvalue weighted by atomic mass is 32.1. The summed E-state index contributed by atoms with van der Waals surface area (Å²) in [5, 5.41) is 6.01. The Bertz CT molecular complexity index is 863. The maximum Gasteiger partial charge on any atom is 0.257 e. The number of fused-ring (bicyclic) bond motifs is 1. The van der Waals surface area contributed by atoms with Crippen molar-refractivity contribution < 1.29 is 18.3 Å². The number of benzene rings is 2. The average Bonchev–Trinajstić information content (AvgIpc) is 2.97. The summed E-state index contributed by atoms with van der Waals surface area (Å²) in [7, 11) is 0. The van der Waals surface area contributed by atoms with E-state index in [2.05, 4.69) is 22.8 Å². The first kappa shape index (κ1) is 16.4. The van der Waals surface area contributed by atoms with Gasteiger partial charge in [0, 0.05) is 17.3 Å². The summed E-state index contributed by atoms with van der Waals surface area (Å²) in [6.07, 6.45) is 0.709. The van der Waals surface area contributed by atoms with E-state index in [0.717, 1.165) is 18.2 Å². The van der Waals surface area contributed by atoms with Crippen molar-refractivity contribution in [2.45, 2.75) is 6.42 Å². The number of halogens is 2. The van der Waals surface area contributed by atoms with E-state index in [1.54, 1.807) is 11.3 Å². The molecule has 0 aliphatic heterocycles. The van der Waals surface area contributed by atoms with Gasteiger partial charge in [-0.25, -0.2) is 8.78 Å². The second kappa shape index (κ2) is 7.40. The average molecular weight is 347 g/mol. The zero-order valence-electron chi connectivity index (χ0n) is 12.7. The third-order valence-corrected chi connectivity index (χ3v) is 4.54. The monoisotopic (exact) mass is 347 g/mol. The van der Waals surface area contributed by atoms with Gasteiger partial charge >= 0.3 is 0 Å². The molecule has 0 unspecified atom stereocenters. The van der Waals surface area contributed by atoms with Crippen molar-refractivity contribution in [3.63, 3.8) is 0 Å². The highest BCUT2D eigenvalue weighted by Gasteiger charge is 2.08. The lowest BCUT2D eigenvalue weighted by Crippen LogP contribution is -2.30. The summed E-state index contributed by atoms with van der Waals surface area (Å²) >= 11 is 1.67. The van der Waals surface area contributed by atoms with Crippen LogP contribution in [-0.2, 0) is 11.2 Å². The Balaban J connectivity index is 1.47. The smallest absolute Gasteiger partial charge is 0.257 e. The highest BCUT2D eigenvalue weighted by molar-refractivity contribution is 7.17. The third kappa shape index (κ3) is 3.89. The van der Waals surface area contributed by atoms with E-state index in [-0.39, 0.29) is 18.3 Å². The minimum Gasteiger partial charge on any atom is -0.481 e. The number of hydrogen-bond acceptors (Lipinski definition) is 3. The fraction of sp³-hybridized carbons (Fsp3) is 0.167. The van der Waals surface area contributed by atoms with Gasteiger partial charge in [-0.2, -0.15) is 0 Å². The molecule has 0 radical (unpaired) electrons. The van der Waals surface area contributed by atoms with E-state index in [0.29, 0.717) is 13.0 Å². The Kier molecular flexibility index (Phi) is 5.05. The van der Waals surface area contributed by atoms with Crippen molar-refractivity contribution in [1.82, 2.24) is 5.32 Å².